The Balaban J connectivity index is 2.27. The van der Waals surface area contributed by atoms with Gasteiger partial charge in [0.25, 0.3) is 0 Å². The van der Waals surface area contributed by atoms with E-state index < -0.39 is 5.91 Å². The number of rotatable bonds is 6. The molecule has 23 heavy (non-hydrogen) atoms. The molecule has 0 spiro atoms. The third-order valence-corrected chi connectivity index (χ3v) is 4.15. The minimum Gasteiger partial charge on any atom is -0.508 e. The number of phenols is 1. The summed E-state index contributed by atoms with van der Waals surface area (Å²) in [6.07, 6.45) is 0. The molecule has 0 radical (unpaired) electrons. The number of nitrogens with one attached hydrogen (secondary N) is 1. The lowest BCUT2D eigenvalue weighted by molar-refractivity contribution is 0.100. The lowest BCUT2D eigenvalue weighted by atomic mass is 10.1. The Morgan fingerprint density at radius 2 is 1.96 bits per heavy atom. The summed E-state index contributed by atoms with van der Waals surface area (Å²) in [5.74, 6) is -0.243. The summed E-state index contributed by atoms with van der Waals surface area (Å²) in [4.78, 5) is 13.5. The normalized spacial score (nSPS) is 10.8. The molecule has 1 amide bonds. The van der Waals surface area contributed by atoms with Crippen molar-refractivity contribution in [3.8, 4) is 5.75 Å². The Hall–Kier alpha value is -2.05. The van der Waals surface area contributed by atoms with E-state index in [0.29, 0.717) is 12.1 Å². The molecule has 0 atom stereocenters. The van der Waals surface area contributed by atoms with Crippen LogP contribution in [0.15, 0.2) is 40.9 Å². The number of anilines is 1. The van der Waals surface area contributed by atoms with E-state index in [2.05, 4.69) is 26.1 Å². The van der Waals surface area contributed by atoms with Crippen LogP contribution in [0.3, 0.4) is 0 Å². The number of hydrogen-bond donors (Lipinski definition) is 3. The number of carbonyl (C=O) groups is 1. The Bertz CT molecular complexity index is 717. The number of halogens is 1. The van der Waals surface area contributed by atoms with E-state index in [1.807, 2.05) is 20.2 Å². The van der Waals surface area contributed by atoms with Crippen LogP contribution in [-0.4, -0.2) is 30.0 Å². The molecule has 0 aliphatic heterocycles. The van der Waals surface area contributed by atoms with Gasteiger partial charge in [-0.2, -0.15) is 0 Å². The van der Waals surface area contributed by atoms with Crippen LogP contribution in [0, 0.1) is 0 Å². The number of nitrogens with zero attached hydrogens (tertiary/aromatic N) is 1. The lowest BCUT2D eigenvalue weighted by Gasteiger charge is -2.17. The van der Waals surface area contributed by atoms with Crippen molar-refractivity contribution in [3.63, 3.8) is 0 Å². The van der Waals surface area contributed by atoms with Gasteiger partial charge in [0.1, 0.15) is 5.75 Å². The van der Waals surface area contributed by atoms with Crippen molar-refractivity contribution < 1.29 is 9.90 Å². The molecule has 0 aromatic heterocycles. The Morgan fingerprint density at radius 1 is 1.22 bits per heavy atom. The smallest absolute Gasteiger partial charge is 0.248 e. The van der Waals surface area contributed by atoms with Crippen LogP contribution in [0.2, 0.25) is 0 Å². The highest BCUT2D eigenvalue weighted by Gasteiger charge is 2.09. The average Bonchev–Trinajstić information content (AvgIpc) is 2.48. The van der Waals surface area contributed by atoms with Crippen molar-refractivity contribution in [2.24, 2.45) is 5.73 Å². The molecule has 0 bridgehead atoms. The molecule has 4 N–H and O–H groups in total. The molecule has 2 rings (SSSR count). The first-order valence-corrected chi connectivity index (χ1v) is 7.95. The van der Waals surface area contributed by atoms with Crippen LogP contribution < -0.4 is 11.1 Å². The first-order valence-electron chi connectivity index (χ1n) is 7.15. The number of aromatic hydroxyl groups is 1. The number of primary amides is 1. The number of hydrogen-bond acceptors (Lipinski definition) is 4. The van der Waals surface area contributed by atoms with Gasteiger partial charge < -0.3 is 21.1 Å². The molecule has 0 heterocycles. The summed E-state index contributed by atoms with van der Waals surface area (Å²) in [6.45, 7) is 1.25. The zero-order valence-corrected chi connectivity index (χ0v) is 14.7. The van der Waals surface area contributed by atoms with Gasteiger partial charge in [-0.15, -0.1) is 0 Å². The predicted octanol–water partition coefficient (Wildman–Crippen LogP) is 2.93. The molecule has 0 saturated carbocycles. The van der Waals surface area contributed by atoms with E-state index in [4.69, 9.17) is 5.73 Å². The first-order chi connectivity index (χ1) is 10.9. The number of carbonyl (C=O) groups excluding carboxylic acids is 1. The molecule has 0 aliphatic carbocycles. The highest BCUT2D eigenvalue weighted by molar-refractivity contribution is 9.10. The van der Waals surface area contributed by atoms with E-state index in [-0.39, 0.29) is 5.75 Å². The van der Waals surface area contributed by atoms with Crippen molar-refractivity contribution in [2.45, 2.75) is 13.1 Å². The summed E-state index contributed by atoms with van der Waals surface area (Å²) < 4.78 is 0.906. The lowest BCUT2D eigenvalue weighted by Crippen LogP contribution is -2.15. The summed E-state index contributed by atoms with van der Waals surface area (Å²) in [7, 11) is 3.97. The van der Waals surface area contributed by atoms with Gasteiger partial charge in [0.2, 0.25) is 5.91 Å². The maximum absolute atomic E-state index is 11.4. The summed E-state index contributed by atoms with van der Waals surface area (Å²) in [5.41, 5.74) is 8.67. The second-order valence-electron chi connectivity index (χ2n) is 5.60. The maximum Gasteiger partial charge on any atom is 0.248 e. The fourth-order valence-corrected chi connectivity index (χ4v) is 2.65. The van der Waals surface area contributed by atoms with Gasteiger partial charge in [-0.3, -0.25) is 4.79 Å². The predicted molar refractivity (Wildman–Crippen MR) is 95.5 cm³/mol. The summed E-state index contributed by atoms with van der Waals surface area (Å²) in [5, 5.41) is 12.9. The zero-order valence-electron chi connectivity index (χ0n) is 13.1. The standard InChI is InChI=1S/C17H20BrN3O2/c1-21(2)10-12-4-3-11(17(19)23)8-16(12)20-9-13-7-14(22)5-6-15(13)18/h3-8,20,22H,9-10H2,1-2H3,(H2,19,23). The molecular weight excluding hydrogens is 358 g/mol. The molecule has 5 nitrogen and oxygen atoms in total. The molecule has 0 saturated heterocycles. The van der Waals surface area contributed by atoms with Crippen molar-refractivity contribution in [3.05, 3.63) is 57.6 Å². The van der Waals surface area contributed by atoms with Gasteiger partial charge in [0.05, 0.1) is 0 Å². The third-order valence-electron chi connectivity index (χ3n) is 3.38. The largest absolute Gasteiger partial charge is 0.508 e. The number of amides is 1. The highest BCUT2D eigenvalue weighted by atomic mass is 79.9. The van der Waals surface area contributed by atoms with Crippen LogP contribution in [0.1, 0.15) is 21.5 Å². The minimum absolute atomic E-state index is 0.212. The second-order valence-corrected chi connectivity index (χ2v) is 6.46. The van der Waals surface area contributed by atoms with Crippen LogP contribution in [0.25, 0.3) is 0 Å². The molecule has 122 valence electrons. The maximum atomic E-state index is 11.4. The van der Waals surface area contributed by atoms with Crippen LogP contribution in [0.4, 0.5) is 5.69 Å². The second kappa shape index (κ2) is 7.48. The molecule has 0 fully saturated rings. The zero-order chi connectivity index (χ0) is 17.0. The van der Waals surface area contributed by atoms with Gasteiger partial charge >= 0.3 is 0 Å². The number of phenolic OH excluding ortho intramolecular Hbond substituents is 1. The Labute approximate surface area is 144 Å². The van der Waals surface area contributed by atoms with Crippen LogP contribution >= 0.6 is 15.9 Å². The number of benzene rings is 2. The fraction of sp³-hybridized carbons (Fsp3) is 0.235. The van der Waals surface area contributed by atoms with Crippen LogP contribution in [0.5, 0.6) is 5.75 Å². The van der Waals surface area contributed by atoms with Crippen molar-refractivity contribution in [1.29, 1.82) is 0 Å². The Kier molecular flexibility index (Phi) is 5.63. The summed E-state index contributed by atoms with van der Waals surface area (Å²) >= 11 is 3.47. The monoisotopic (exact) mass is 377 g/mol. The first kappa shape index (κ1) is 17.3. The quantitative estimate of drug-likeness (QED) is 0.722. The highest BCUT2D eigenvalue weighted by Crippen LogP contribution is 2.25. The topological polar surface area (TPSA) is 78.6 Å². The van der Waals surface area contributed by atoms with E-state index in [0.717, 1.165) is 27.8 Å². The fourth-order valence-electron chi connectivity index (χ4n) is 2.26. The third kappa shape index (κ3) is 4.71. The molecule has 0 aliphatic rings. The van der Waals surface area contributed by atoms with Crippen molar-refractivity contribution >= 4 is 27.5 Å². The average molecular weight is 378 g/mol. The summed E-state index contributed by atoms with van der Waals surface area (Å²) in [6, 6.07) is 10.5. The molecule has 2 aromatic rings. The molecule has 6 heteroatoms. The van der Waals surface area contributed by atoms with E-state index in [1.165, 1.54) is 0 Å². The van der Waals surface area contributed by atoms with Crippen molar-refractivity contribution in [1.82, 2.24) is 4.90 Å². The van der Waals surface area contributed by atoms with Gasteiger partial charge in [0, 0.05) is 28.8 Å². The van der Waals surface area contributed by atoms with E-state index in [1.54, 1.807) is 30.3 Å². The van der Waals surface area contributed by atoms with Gasteiger partial charge in [0.15, 0.2) is 0 Å². The number of nitrogens with two attached hydrogens (primary N) is 1. The van der Waals surface area contributed by atoms with E-state index >= 15 is 0 Å². The van der Waals surface area contributed by atoms with Crippen LogP contribution in [-0.2, 0) is 13.1 Å². The molecular formula is C17H20BrN3O2. The minimum atomic E-state index is -0.456. The van der Waals surface area contributed by atoms with E-state index in [9.17, 15) is 9.90 Å². The Morgan fingerprint density at radius 3 is 2.61 bits per heavy atom. The SMILES string of the molecule is CN(C)Cc1ccc(C(N)=O)cc1NCc1cc(O)ccc1Br. The molecule has 2 aromatic carbocycles. The van der Waals surface area contributed by atoms with Crippen molar-refractivity contribution in [2.75, 3.05) is 19.4 Å². The molecule has 0 unspecified atom stereocenters. The van der Waals surface area contributed by atoms with Gasteiger partial charge in [-0.05, 0) is 55.6 Å². The van der Waals surface area contributed by atoms with Gasteiger partial charge in [-0.25, -0.2) is 0 Å². The van der Waals surface area contributed by atoms with Gasteiger partial charge in [-0.1, -0.05) is 22.0 Å².